The Morgan fingerprint density at radius 2 is 2.06 bits per heavy atom. The largest absolute Gasteiger partial charge is 0.394 e. The van der Waals surface area contributed by atoms with Crippen LogP contribution in [0.25, 0.3) is 0 Å². The molecule has 1 saturated carbocycles. The predicted octanol–water partition coefficient (Wildman–Crippen LogP) is 0.373. The van der Waals surface area contributed by atoms with Crippen molar-refractivity contribution in [3.8, 4) is 0 Å². The Bertz CT molecular complexity index is 264. The first-order valence-corrected chi connectivity index (χ1v) is 7.33. The molecule has 2 rings (SSSR count). The molecule has 2 unspecified atom stereocenters. The highest BCUT2D eigenvalue weighted by Gasteiger charge is 2.45. The van der Waals surface area contributed by atoms with Crippen LogP contribution in [0.2, 0.25) is 0 Å². The molecular weight excluding hydrogens is 226 g/mol. The Balaban J connectivity index is 2.01. The van der Waals surface area contributed by atoms with E-state index in [4.69, 9.17) is 0 Å². The van der Waals surface area contributed by atoms with Gasteiger partial charge in [0.25, 0.3) is 0 Å². The number of rotatable bonds is 5. The molecule has 2 N–H and O–H groups in total. The number of nitrogens with zero attached hydrogens (tertiary/aromatic N) is 2. The molecule has 18 heavy (non-hydrogen) atoms. The van der Waals surface area contributed by atoms with Crippen LogP contribution >= 0.6 is 0 Å². The monoisotopic (exact) mass is 255 g/mol. The lowest BCUT2D eigenvalue weighted by atomic mass is 9.93. The number of nitrogens with one attached hydrogen (secondary N) is 1. The van der Waals surface area contributed by atoms with Gasteiger partial charge < -0.3 is 15.3 Å². The fourth-order valence-corrected chi connectivity index (χ4v) is 3.33. The maximum Gasteiger partial charge on any atom is 0.0628 e. The van der Waals surface area contributed by atoms with Gasteiger partial charge in [-0.15, -0.1) is 0 Å². The molecule has 1 aliphatic carbocycles. The first kappa shape index (κ1) is 14.3. The molecule has 2 atom stereocenters. The molecule has 0 aromatic carbocycles. The molecule has 1 aliphatic heterocycles. The summed E-state index contributed by atoms with van der Waals surface area (Å²) in [5.41, 5.74) is -0.0723. The Labute approximate surface area is 111 Å². The van der Waals surface area contributed by atoms with E-state index in [1.54, 1.807) is 0 Å². The quantitative estimate of drug-likeness (QED) is 0.745. The second-order valence-corrected chi connectivity index (χ2v) is 6.27. The highest BCUT2D eigenvalue weighted by atomic mass is 16.3. The van der Waals surface area contributed by atoms with Gasteiger partial charge in [0.1, 0.15) is 0 Å². The maximum atomic E-state index is 9.83. The first-order chi connectivity index (χ1) is 8.61. The molecule has 0 aromatic rings. The molecule has 0 aromatic heterocycles. The van der Waals surface area contributed by atoms with Gasteiger partial charge in [-0.25, -0.2) is 0 Å². The molecule has 0 amide bonds. The molecule has 1 heterocycles. The van der Waals surface area contributed by atoms with E-state index < -0.39 is 0 Å². The first-order valence-electron chi connectivity index (χ1n) is 7.33. The van der Waals surface area contributed by atoms with E-state index in [1.807, 2.05) is 7.05 Å². The fourth-order valence-electron chi connectivity index (χ4n) is 3.33. The van der Waals surface area contributed by atoms with E-state index in [1.165, 1.54) is 25.8 Å². The zero-order chi connectivity index (χ0) is 13.2. The van der Waals surface area contributed by atoms with Crippen molar-refractivity contribution in [1.29, 1.82) is 0 Å². The summed E-state index contributed by atoms with van der Waals surface area (Å²) in [6, 6.07) is 0.579. The lowest BCUT2D eigenvalue weighted by molar-refractivity contribution is 0.0795. The van der Waals surface area contributed by atoms with Crippen LogP contribution in [0.1, 0.15) is 26.2 Å². The van der Waals surface area contributed by atoms with Crippen LogP contribution in [0.15, 0.2) is 0 Å². The molecule has 0 bridgehead atoms. The number of hydrogen-bond acceptors (Lipinski definition) is 4. The normalized spacial score (nSPS) is 31.0. The van der Waals surface area contributed by atoms with E-state index in [0.29, 0.717) is 12.0 Å². The van der Waals surface area contributed by atoms with E-state index in [2.05, 4.69) is 29.1 Å². The van der Waals surface area contributed by atoms with Crippen LogP contribution in [-0.4, -0.2) is 73.4 Å². The van der Waals surface area contributed by atoms with Crippen LogP contribution in [0.5, 0.6) is 0 Å². The Kier molecular flexibility index (Phi) is 4.64. The number of hydrogen-bond donors (Lipinski definition) is 2. The number of aliphatic hydroxyl groups excluding tert-OH is 1. The van der Waals surface area contributed by atoms with Gasteiger partial charge in [-0.2, -0.15) is 0 Å². The van der Waals surface area contributed by atoms with Crippen molar-refractivity contribution in [3.63, 3.8) is 0 Å². The smallest absolute Gasteiger partial charge is 0.0628 e. The SMILES string of the molecule is CNC(CO)(CN1CCCN(C)CC1C)C1CC1. The minimum atomic E-state index is -0.0723. The summed E-state index contributed by atoms with van der Waals surface area (Å²) in [4.78, 5) is 4.98. The van der Waals surface area contributed by atoms with Crippen molar-refractivity contribution in [2.75, 3.05) is 46.9 Å². The van der Waals surface area contributed by atoms with E-state index in [-0.39, 0.29) is 12.1 Å². The van der Waals surface area contributed by atoms with E-state index >= 15 is 0 Å². The highest BCUT2D eigenvalue weighted by molar-refractivity contribution is 5.02. The zero-order valence-electron chi connectivity index (χ0n) is 12.2. The summed E-state index contributed by atoms with van der Waals surface area (Å²) < 4.78 is 0. The Hall–Kier alpha value is -0.160. The molecule has 1 saturated heterocycles. The van der Waals surface area contributed by atoms with E-state index in [0.717, 1.165) is 19.6 Å². The van der Waals surface area contributed by atoms with Crippen molar-refractivity contribution in [2.24, 2.45) is 5.92 Å². The van der Waals surface area contributed by atoms with Gasteiger partial charge in [0.15, 0.2) is 0 Å². The minimum Gasteiger partial charge on any atom is -0.394 e. The van der Waals surface area contributed by atoms with Crippen LogP contribution in [-0.2, 0) is 0 Å². The van der Waals surface area contributed by atoms with Crippen molar-refractivity contribution in [3.05, 3.63) is 0 Å². The molecule has 4 nitrogen and oxygen atoms in total. The maximum absolute atomic E-state index is 9.83. The second-order valence-electron chi connectivity index (χ2n) is 6.27. The van der Waals surface area contributed by atoms with Gasteiger partial charge in [-0.05, 0) is 59.3 Å². The summed E-state index contributed by atoms with van der Waals surface area (Å²) in [6.07, 6.45) is 3.77. The van der Waals surface area contributed by atoms with Gasteiger partial charge >= 0.3 is 0 Å². The lowest BCUT2D eigenvalue weighted by Crippen LogP contribution is -2.58. The summed E-state index contributed by atoms with van der Waals surface area (Å²) in [5, 5.41) is 13.2. The van der Waals surface area contributed by atoms with Crippen molar-refractivity contribution >= 4 is 0 Å². The average Bonchev–Trinajstić information content (AvgIpc) is 3.17. The van der Waals surface area contributed by atoms with Gasteiger partial charge in [0.05, 0.1) is 12.1 Å². The fraction of sp³-hybridized carbons (Fsp3) is 1.00. The summed E-state index contributed by atoms with van der Waals surface area (Å²) in [5.74, 6) is 0.667. The van der Waals surface area contributed by atoms with Crippen molar-refractivity contribution in [1.82, 2.24) is 15.1 Å². The Morgan fingerprint density at radius 3 is 2.61 bits per heavy atom. The summed E-state index contributed by atoms with van der Waals surface area (Å²) >= 11 is 0. The highest BCUT2D eigenvalue weighted by Crippen LogP contribution is 2.40. The van der Waals surface area contributed by atoms with E-state index in [9.17, 15) is 5.11 Å². The molecular formula is C14H29N3O. The minimum absolute atomic E-state index is 0.0723. The van der Waals surface area contributed by atoms with Crippen molar-refractivity contribution < 1.29 is 5.11 Å². The van der Waals surface area contributed by atoms with Gasteiger partial charge in [-0.1, -0.05) is 0 Å². The van der Waals surface area contributed by atoms with Gasteiger partial charge in [-0.3, -0.25) is 4.90 Å². The van der Waals surface area contributed by atoms with Crippen LogP contribution < -0.4 is 5.32 Å². The summed E-state index contributed by atoms with van der Waals surface area (Å²) in [6.45, 7) is 7.03. The molecule has 0 spiro atoms. The third kappa shape index (κ3) is 3.05. The van der Waals surface area contributed by atoms with Gasteiger partial charge in [0, 0.05) is 19.1 Å². The topological polar surface area (TPSA) is 38.7 Å². The van der Waals surface area contributed by atoms with Crippen LogP contribution in [0.4, 0.5) is 0 Å². The molecule has 2 fully saturated rings. The average molecular weight is 255 g/mol. The third-order valence-corrected chi connectivity index (χ3v) is 4.81. The summed E-state index contributed by atoms with van der Waals surface area (Å²) in [7, 11) is 4.21. The second kappa shape index (κ2) is 5.87. The number of aliphatic hydroxyl groups is 1. The zero-order valence-corrected chi connectivity index (χ0v) is 12.2. The standard InChI is InChI=1S/C14H29N3O/c1-12-9-16(3)7-4-8-17(12)10-14(11-18,15-2)13-5-6-13/h12-13,15,18H,4-11H2,1-3H3. The molecule has 106 valence electrons. The molecule has 0 radical (unpaired) electrons. The van der Waals surface area contributed by atoms with Crippen LogP contribution in [0.3, 0.4) is 0 Å². The molecule has 4 heteroatoms. The van der Waals surface area contributed by atoms with Crippen LogP contribution in [0, 0.1) is 5.92 Å². The molecule has 2 aliphatic rings. The number of likely N-dealkylation sites (N-methyl/N-ethyl adjacent to an activating group) is 2. The van der Waals surface area contributed by atoms with Gasteiger partial charge in [0.2, 0.25) is 0 Å². The Morgan fingerprint density at radius 1 is 1.33 bits per heavy atom. The predicted molar refractivity (Wildman–Crippen MR) is 74.7 cm³/mol. The van der Waals surface area contributed by atoms with Crippen molar-refractivity contribution in [2.45, 2.75) is 37.8 Å². The third-order valence-electron chi connectivity index (χ3n) is 4.81. The lowest BCUT2D eigenvalue weighted by Gasteiger charge is -2.39.